The molecule has 1 unspecified atom stereocenters. The van der Waals surface area contributed by atoms with Crippen LogP contribution < -0.4 is 16.1 Å². The van der Waals surface area contributed by atoms with Crippen LogP contribution in [0.5, 0.6) is 0 Å². The first-order chi connectivity index (χ1) is 15.3. The van der Waals surface area contributed by atoms with Crippen LogP contribution in [-0.2, 0) is 0 Å². The Morgan fingerprint density at radius 2 is 2.00 bits per heavy atom. The molecule has 164 valence electrons. The number of carboxylic acids is 1. The molecule has 3 aromatic rings. The second-order valence-corrected chi connectivity index (χ2v) is 7.50. The number of pyridine rings is 2. The number of benzene rings is 1. The molecule has 3 N–H and O–H groups in total. The summed E-state index contributed by atoms with van der Waals surface area (Å²) in [7, 11) is 0. The van der Waals surface area contributed by atoms with E-state index in [4.69, 9.17) is 0 Å². The molecule has 2 aromatic heterocycles. The predicted molar refractivity (Wildman–Crippen MR) is 108 cm³/mol. The lowest BCUT2D eigenvalue weighted by Gasteiger charge is -2.22. The maximum atomic E-state index is 15.1. The van der Waals surface area contributed by atoms with E-state index in [1.54, 1.807) is 6.20 Å². The number of carboxylic acid groups (broad SMARTS) is 1. The molecule has 0 amide bonds. The number of rotatable bonds is 3. The van der Waals surface area contributed by atoms with Crippen molar-refractivity contribution in [1.82, 2.24) is 25.1 Å². The number of carbonyl (C=O) groups is 1. The summed E-state index contributed by atoms with van der Waals surface area (Å²) in [6.07, 6.45) is 2.68. The SMILES string of the molecule is O=C(O)c1cn(-c2ccc(F)cc2F)c2nc(C3CN4CCNC=C4N3)c(F)cc2c1=O. The Morgan fingerprint density at radius 3 is 2.72 bits per heavy atom. The number of aromatic carboxylic acids is 1. The first-order valence-electron chi connectivity index (χ1n) is 9.73. The molecule has 1 aromatic carbocycles. The van der Waals surface area contributed by atoms with Gasteiger partial charge in [0.15, 0.2) is 0 Å². The van der Waals surface area contributed by atoms with Crippen LogP contribution in [0, 0.1) is 17.5 Å². The smallest absolute Gasteiger partial charge is 0.341 e. The Balaban J connectivity index is 1.75. The second-order valence-electron chi connectivity index (χ2n) is 7.50. The molecule has 0 bridgehead atoms. The molecule has 11 heteroatoms. The highest BCUT2D eigenvalue weighted by atomic mass is 19.1. The van der Waals surface area contributed by atoms with Crippen molar-refractivity contribution in [3.05, 3.63) is 81.4 Å². The summed E-state index contributed by atoms with van der Waals surface area (Å²) >= 11 is 0. The first-order valence-corrected chi connectivity index (χ1v) is 9.73. The van der Waals surface area contributed by atoms with E-state index >= 15 is 4.39 Å². The van der Waals surface area contributed by atoms with Gasteiger partial charge in [0.1, 0.15) is 40.2 Å². The molecule has 4 heterocycles. The molecule has 5 rings (SSSR count). The van der Waals surface area contributed by atoms with Gasteiger partial charge >= 0.3 is 5.97 Å². The van der Waals surface area contributed by atoms with Crippen molar-refractivity contribution in [3.63, 3.8) is 0 Å². The molecule has 8 nitrogen and oxygen atoms in total. The summed E-state index contributed by atoms with van der Waals surface area (Å²) in [5, 5.41) is 15.3. The predicted octanol–water partition coefficient (Wildman–Crippen LogP) is 1.85. The Hall–Kier alpha value is -4.02. The highest BCUT2D eigenvalue weighted by molar-refractivity contribution is 5.92. The van der Waals surface area contributed by atoms with Gasteiger partial charge in [-0.1, -0.05) is 0 Å². The third-order valence-electron chi connectivity index (χ3n) is 5.52. The summed E-state index contributed by atoms with van der Waals surface area (Å²) in [5.74, 6) is -3.42. The summed E-state index contributed by atoms with van der Waals surface area (Å²) < 4.78 is 44.1. The van der Waals surface area contributed by atoms with Gasteiger partial charge in [0.05, 0.1) is 17.1 Å². The van der Waals surface area contributed by atoms with Crippen LogP contribution in [0.25, 0.3) is 16.7 Å². The number of aromatic nitrogens is 2. The van der Waals surface area contributed by atoms with Crippen molar-refractivity contribution in [2.45, 2.75) is 6.04 Å². The second kappa shape index (κ2) is 7.29. The zero-order chi connectivity index (χ0) is 22.6. The van der Waals surface area contributed by atoms with Crippen LogP contribution in [0.2, 0.25) is 0 Å². The molecule has 0 spiro atoms. The van der Waals surface area contributed by atoms with E-state index in [-0.39, 0.29) is 22.4 Å². The van der Waals surface area contributed by atoms with Crippen LogP contribution >= 0.6 is 0 Å². The van der Waals surface area contributed by atoms with Crippen LogP contribution in [0.4, 0.5) is 13.2 Å². The van der Waals surface area contributed by atoms with Crippen molar-refractivity contribution >= 4 is 17.0 Å². The largest absolute Gasteiger partial charge is 0.477 e. The minimum absolute atomic E-state index is 0.00783. The highest BCUT2D eigenvalue weighted by Crippen LogP contribution is 2.28. The fraction of sp³-hybridized carbons (Fsp3) is 0.190. The maximum Gasteiger partial charge on any atom is 0.341 e. The van der Waals surface area contributed by atoms with E-state index in [0.29, 0.717) is 19.2 Å². The Morgan fingerprint density at radius 1 is 1.19 bits per heavy atom. The van der Waals surface area contributed by atoms with E-state index in [1.165, 1.54) is 0 Å². The monoisotopic (exact) mass is 443 g/mol. The average molecular weight is 443 g/mol. The van der Waals surface area contributed by atoms with Gasteiger partial charge in [-0.2, -0.15) is 0 Å². The third-order valence-corrected chi connectivity index (χ3v) is 5.52. The average Bonchev–Trinajstić information content (AvgIpc) is 3.18. The fourth-order valence-corrected chi connectivity index (χ4v) is 4.00. The maximum absolute atomic E-state index is 15.1. The minimum atomic E-state index is -1.56. The number of nitrogens with one attached hydrogen (secondary N) is 2. The molecular formula is C21H16F3N5O3. The minimum Gasteiger partial charge on any atom is -0.477 e. The van der Waals surface area contributed by atoms with Gasteiger partial charge in [0, 0.05) is 38.1 Å². The summed E-state index contributed by atoms with van der Waals surface area (Å²) in [5.41, 5.74) is -2.02. The lowest BCUT2D eigenvalue weighted by molar-refractivity contribution is 0.0695. The standard InChI is InChI=1S/C21H16F3N5O3/c22-10-1-2-16(13(23)5-10)29-8-12(21(31)32)19(30)11-6-14(24)18(27-20(11)29)15-9-28-4-3-25-7-17(28)26-15/h1-2,5-8,15,25-26H,3-4,9H2,(H,31,32). The number of hydrogen-bond acceptors (Lipinski definition) is 6. The molecule has 1 atom stereocenters. The molecule has 2 aliphatic rings. The first kappa shape index (κ1) is 19.9. The zero-order valence-electron chi connectivity index (χ0n) is 16.4. The van der Waals surface area contributed by atoms with Gasteiger partial charge in [0.25, 0.3) is 0 Å². The molecule has 0 radical (unpaired) electrons. The summed E-state index contributed by atoms with van der Waals surface area (Å²) in [6.45, 7) is 1.86. The molecule has 1 saturated heterocycles. The molecule has 2 aliphatic heterocycles. The van der Waals surface area contributed by atoms with E-state index in [0.717, 1.165) is 41.3 Å². The summed E-state index contributed by atoms with van der Waals surface area (Å²) in [4.78, 5) is 30.6. The van der Waals surface area contributed by atoms with Crippen molar-refractivity contribution in [3.8, 4) is 5.69 Å². The van der Waals surface area contributed by atoms with Gasteiger partial charge in [0.2, 0.25) is 5.43 Å². The van der Waals surface area contributed by atoms with Gasteiger partial charge < -0.3 is 20.6 Å². The van der Waals surface area contributed by atoms with Crippen LogP contribution in [-0.4, -0.2) is 45.2 Å². The van der Waals surface area contributed by atoms with E-state index in [2.05, 4.69) is 15.6 Å². The molecule has 0 saturated carbocycles. The fourth-order valence-electron chi connectivity index (χ4n) is 4.00. The number of hydrogen-bond donors (Lipinski definition) is 3. The van der Waals surface area contributed by atoms with Crippen LogP contribution in [0.3, 0.4) is 0 Å². The zero-order valence-corrected chi connectivity index (χ0v) is 16.4. The van der Waals surface area contributed by atoms with Crippen molar-refractivity contribution in [2.75, 3.05) is 19.6 Å². The lowest BCUT2D eigenvalue weighted by atomic mass is 10.1. The quantitative estimate of drug-likeness (QED) is 0.568. The van der Waals surface area contributed by atoms with Crippen molar-refractivity contribution in [2.24, 2.45) is 0 Å². The number of fused-ring (bicyclic) bond motifs is 2. The molecular weight excluding hydrogens is 427 g/mol. The van der Waals surface area contributed by atoms with Gasteiger partial charge in [-0.05, 0) is 18.2 Å². The number of halogens is 3. The highest BCUT2D eigenvalue weighted by Gasteiger charge is 2.32. The lowest BCUT2D eigenvalue weighted by Crippen LogP contribution is -2.34. The van der Waals surface area contributed by atoms with Crippen molar-refractivity contribution in [1.29, 1.82) is 0 Å². The van der Waals surface area contributed by atoms with Crippen molar-refractivity contribution < 1.29 is 23.1 Å². The Bertz CT molecular complexity index is 1370. The van der Waals surface area contributed by atoms with Crippen LogP contribution in [0.15, 0.2) is 47.3 Å². The molecule has 0 aliphatic carbocycles. The Labute approximate surface area is 178 Å². The molecule has 32 heavy (non-hydrogen) atoms. The normalized spacial score (nSPS) is 17.5. The summed E-state index contributed by atoms with van der Waals surface area (Å²) in [6, 6.07) is 3.07. The Kier molecular flexibility index (Phi) is 4.54. The van der Waals surface area contributed by atoms with E-state index in [9.17, 15) is 23.5 Å². The molecule has 1 fully saturated rings. The van der Waals surface area contributed by atoms with Gasteiger partial charge in [-0.15, -0.1) is 0 Å². The van der Waals surface area contributed by atoms with Gasteiger partial charge in [-0.3, -0.25) is 9.36 Å². The van der Waals surface area contributed by atoms with E-state index < -0.39 is 40.5 Å². The van der Waals surface area contributed by atoms with Crippen LogP contribution in [0.1, 0.15) is 22.1 Å². The topological polar surface area (TPSA) is 99.5 Å². The number of nitrogens with zero attached hydrogens (tertiary/aromatic N) is 3. The van der Waals surface area contributed by atoms with E-state index in [1.807, 2.05) is 4.90 Å². The van der Waals surface area contributed by atoms with Gasteiger partial charge in [-0.25, -0.2) is 22.9 Å². The third kappa shape index (κ3) is 3.13.